The molecule has 4 rings (SSSR count). The monoisotopic (exact) mass is 378 g/mol. The lowest BCUT2D eigenvalue weighted by atomic mass is 9.68. The van der Waals surface area contributed by atoms with E-state index in [4.69, 9.17) is 0 Å². The van der Waals surface area contributed by atoms with Gasteiger partial charge in [-0.25, -0.2) is 0 Å². The topological polar surface area (TPSA) is 43.8 Å². The number of likely N-dealkylation sites (tertiary alicyclic amines) is 2. The summed E-state index contributed by atoms with van der Waals surface area (Å²) in [6.07, 6.45) is 3.35. The van der Waals surface area contributed by atoms with E-state index < -0.39 is 0 Å². The van der Waals surface area contributed by atoms with E-state index >= 15 is 0 Å². The first-order valence-corrected chi connectivity index (χ1v) is 10.4. The maximum absolute atomic E-state index is 12.8. The molecule has 0 aromatic heterocycles. The molecule has 2 heterocycles. The van der Waals surface area contributed by atoms with Crippen LogP contribution in [0.5, 0.6) is 5.75 Å². The minimum absolute atomic E-state index is 0.0811. The Balaban J connectivity index is 1.45. The zero-order valence-corrected chi connectivity index (χ0v) is 16.7. The molecule has 1 amide bonds. The molecule has 2 aromatic rings. The predicted molar refractivity (Wildman–Crippen MR) is 112 cm³/mol. The lowest BCUT2D eigenvalue weighted by Crippen LogP contribution is -2.52. The highest BCUT2D eigenvalue weighted by Crippen LogP contribution is 2.45. The van der Waals surface area contributed by atoms with Gasteiger partial charge in [0.1, 0.15) is 5.75 Å². The second kappa shape index (κ2) is 7.96. The molecule has 2 aliphatic rings. The zero-order chi connectivity index (χ0) is 19.6. The normalized spacial score (nSPS) is 22.3. The van der Waals surface area contributed by atoms with Crippen molar-refractivity contribution in [2.45, 2.75) is 32.1 Å². The van der Waals surface area contributed by atoms with Crippen LogP contribution in [0.15, 0.2) is 54.6 Å². The summed E-state index contributed by atoms with van der Waals surface area (Å²) in [6, 6.07) is 17.5. The minimum atomic E-state index is 0.0811. The Bertz CT molecular complexity index is 795. The van der Waals surface area contributed by atoms with Gasteiger partial charge in [-0.3, -0.25) is 4.79 Å². The summed E-state index contributed by atoms with van der Waals surface area (Å²) < 4.78 is 0. The molecule has 0 aliphatic carbocycles. The fourth-order valence-electron chi connectivity index (χ4n) is 5.02. The molecule has 4 nitrogen and oxygen atoms in total. The van der Waals surface area contributed by atoms with Crippen LogP contribution in [-0.2, 0) is 0 Å². The predicted octanol–water partition coefficient (Wildman–Crippen LogP) is 4.12. The largest absolute Gasteiger partial charge is 0.508 e. The van der Waals surface area contributed by atoms with Crippen LogP contribution in [0.4, 0.5) is 0 Å². The SMILES string of the molecule is CCN1C[C@@H](c2ccccc2)CC2(CCN(C(=O)c3ccc(O)cc3)CC2)C1. The summed E-state index contributed by atoms with van der Waals surface area (Å²) in [5.74, 6) is 0.856. The zero-order valence-electron chi connectivity index (χ0n) is 16.7. The van der Waals surface area contributed by atoms with Gasteiger partial charge in [-0.1, -0.05) is 37.3 Å². The lowest BCUT2D eigenvalue weighted by molar-refractivity contribution is 0.0158. The first-order chi connectivity index (χ1) is 13.6. The second-order valence-electron chi connectivity index (χ2n) is 8.48. The summed E-state index contributed by atoms with van der Waals surface area (Å²) in [5.41, 5.74) is 2.41. The van der Waals surface area contributed by atoms with E-state index in [0.717, 1.165) is 45.6 Å². The number of hydrogen-bond acceptors (Lipinski definition) is 3. The van der Waals surface area contributed by atoms with Crippen molar-refractivity contribution in [3.8, 4) is 5.75 Å². The highest BCUT2D eigenvalue weighted by Gasteiger charge is 2.42. The van der Waals surface area contributed by atoms with Crippen molar-refractivity contribution in [2.75, 3.05) is 32.7 Å². The number of phenols is 1. The van der Waals surface area contributed by atoms with Gasteiger partial charge in [0.25, 0.3) is 5.91 Å². The summed E-state index contributed by atoms with van der Waals surface area (Å²) in [7, 11) is 0. The van der Waals surface area contributed by atoms with Gasteiger partial charge in [0.2, 0.25) is 0 Å². The number of likely N-dealkylation sites (N-methyl/N-ethyl adjacent to an activating group) is 1. The maximum Gasteiger partial charge on any atom is 0.253 e. The van der Waals surface area contributed by atoms with Gasteiger partial charge in [-0.05, 0) is 67.0 Å². The molecule has 148 valence electrons. The van der Waals surface area contributed by atoms with Gasteiger partial charge in [0.05, 0.1) is 0 Å². The van der Waals surface area contributed by atoms with Crippen LogP contribution in [0.25, 0.3) is 0 Å². The third-order valence-electron chi connectivity index (χ3n) is 6.66. The molecular weight excluding hydrogens is 348 g/mol. The Kier molecular flexibility index (Phi) is 5.40. The van der Waals surface area contributed by atoms with E-state index in [2.05, 4.69) is 42.2 Å². The average molecular weight is 379 g/mol. The van der Waals surface area contributed by atoms with Crippen LogP contribution in [0.3, 0.4) is 0 Å². The highest BCUT2D eigenvalue weighted by molar-refractivity contribution is 5.94. The van der Waals surface area contributed by atoms with Crippen molar-refractivity contribution >= 4 is 5.91 Å². The summed E-state index contributed by atoms with van der Waals surface area (Å²) in [4.78, 5) is 17.4. The minimum Gasteiger partial charge on any atom is -0.508 e. The van der Waals surface area contributed by atoms with Crippen LogP contribution >= 0.6 is 0 Å². The number of carbonyl (C=O) groups excluding carboxylic acids is 1. The third kappa shape index (κ3) is 3.93. The van der Waals surface area contributed by atoms with Crippen molar-refractivity contribution in [2.24, 2.45) is 5.41 Å². The van der Waals surface area contributed by atoms with Crippen LogP contribution in [-0.4, -0.2) is 53.5 Å². The van der Waals surface area contributed by atoms with Crippen molar-refractivity contribution in [1.82, 2.24) is 9.80 Å². The smallest absolute Gasteiger partial charge is 0.253 e. The van der Waals surface area contributed by atoms with Gasteiger partial charge in [-0.15, -0.1) is 0 Å². The Labute approximate surface area is 167 Å². The molecule has 1 spiro atoms. The number of piperidine rings is 2. The molecule has 0 bridgehead atoms. The third-order valence-corrected chi connectivity index (χ3v) is 6.66. The van der Waals surface area contributed by atoms with E-state index in [1.807, 2.05) is 4.90 Å². The fraction of sp³-hybridized carbons (Fsp3) is 0.458. The lowest BCUT2D eigenvalue weighted by Gasteiger charge is -2.50. The van der Waals surface area contributed by atoms with Crippen molar-refractivity contribution < 1.29 is 9.90 Å². The number of amides is 1. The average Bonchev–Trinajstić information content (AvgIpc) is 2.74. The number of phenolic OH excluding ortho intramolecular Hbond substituents is 1. The van der Waals surface area contributed by atoms with Gasteiger partial charge in [-0.2, -0.15) is 0 Å². The Morgan fingerprint density at radius 3 is 2.39 bits per heavy atom. The number of hydrogen-bond donors (Lipinski definition) is 1. The van der Waals surface area contributed by atoms with Crippen LogP contribution < -0.4 is 0 Å². The Hall–Kier alpha value is -2.33. The first kappa shape index (κ1) is 19.0. The van der Waals surface area contributed by atoms with E-state index in [0.29, 0.717) is 16.9 Å². The molecule has 1 N–H and O–H groups in total. The van der Waals surface area contributed by atoms with Gasteiger partial charge >= 0.3 is 0 Å². The molecule has 0 saturated carbocycles. The summed E-state index contributed by atoms with van der Waals surface area (Å²) in [6.45, 7) is 7.26. The van der Waals surface area contributed by atoms with Crippen molar-refractivity contribution in [1.29, 1.82) is 0 Å². The molecule has 28 heavy (non-hydrogen) atoms. The molecule has 2 aliphatic heterocycles. The molecule has 4 heteroatoms. The summed E-state index contributed by atoms with van der Waals surface area (Å²) in [5, 5.41) is 9.45. The maximum atomic E-state index is 12.8. The molecular formula is C24H30N2O2. The van der Waals surface area contributed by atoms with Crippen molar-refractivity contribution in [3.63, 3.8) is 0 Å². The number of aromatic hydroxyl groups is 1. The number of carbonyl (C=O) groups is 1. The fourth-order valence-corrected chi connectivity index (χ4v) is 5.02. The van der Waals surface area contributed by atoms with Crippen LogP contribution in [0.1, 0.15) is 48.0 Å². The Morgan fingerprint density at radius 2 is 1.75 bits per heavy atom. The standard InChI is InChI=1S/C24H30N2O2/c1-2-25-17-21(19-6-4-3-5-7-19)16-24(18-25)12-14-26(15-13-24)23(28)20-8-10-22(27)11-9-20/h3-11,21,27H,2,12-18H2,1H3/t21-/m0/s1. The highest BCUT2D eigenvalue weighted by atomic mass is 16.3. The van der Waals surface area contributed by atoms with E-state index in [-0.39, 0.29) is 11.7 Å². The first-order valence-electron chi connectivity index (χ1n) is 10.4. The molecule has 0 unspecified atom stereocenters. The Morgan fingerprint density at radius 1 is 1.07 bits per heavy atom. The van der Waals surface area contributed by atoms with E-state index in [1.54, 1.807) is 24.3 Å². The second-order valence-corrected chi connectivity index (χ2v) is 8.48. The molecule has 2 saturated heterocycles. The molecule has 2 aromatic carbocycles. The van der Waals surface area contributed by atoms with Crippen LogP contribution in [0, 0.1) is 5.41 Å². The molecule has 2 fully saturated rings. The van der Waals surface area contributed by atoms with Gasteiger partial charge in [0.15, 0.2) is 0 Å². The van der Waals surface area contributed by atoms with Gasteiger partial charge in [0, 0.05) is 31.7 Å². The summed E-state index contributed by atoms with van der Waals surface area (Å²) >= 11 is 0. The van der Waals surface area contributed by atoms with Crippen LogP contribution in [0.2, 0.25) is 0 Å². The molecule has 1 atom stereocenters. The number of benzene rings is 2. The number of rotatable bonds is 3. The van der Waals surface area contributed by atoms with Gasteiger partial charge < -0.3 is 14.9 Å². The van der Waals surface area contributed by atoms with Crippen molar-refractivity contribution in [3.05, 3.63) is 65.7 Å². The van der Waals surface area contributed by atoms with E-state index in [9.17, 15) is 9.90 Å². The number of nitrogens with zero attached hydrogens (tertiary/aromatic N) is 2. The quantitative estimate of drug-likeness (QED) is 0.874. The van der Waals surface area contributed by atoms with E-state index in [1.165, 1.54) is 12.0 Å². The molecule has 0 radical (unpaired) electrons.